The normalized spacial score (nSPS) is 14.9. The van der Waals surface area contributed by atoms with E-state index in [1.54, 1.807) is 21.3 Å². The van der Waals surface area contributed by atoms with Crippen LogP contribution in [0.15, 0.2) is 18.2 Å². The van der Waals surface area contributed by atoms with Crippen LogP contribution in [0.1, 0.15) is 12.0 Å². The van der Waals surface area contributed by atoms with Gasteiger partial charge in [-0.15, -0.1) is 0 Å². The van der Waals surface area contributed by atoms with Crippen molar-refractivity contribution >= 4 is 5.57 Å². The fourth-order valence-electron chi connectivity index (χ4n) is 2.17. The van der Waals surface area contributed by atoms with Crippen LogP contribution >= 0.6 is 0 Å². The molecule has 0 aromatic heterocycles. The Labute approximate surface area is 108 Å². The molecule has 1 aliphatic heterocycles. The molecule has 1 heterocycles. The molecular formula is C14H19NO3. The topological polar surface area (TPSA) is 39.7 Å². The standard InChI is InChI=1S/C14H19NO3/c1-16-11-8-12(17-2)14(13(9-11)18-3)10-4-6-15-7-5-10/h4,8-9,15H,5-7H2,1-3H3. The molecule has 0 aliphatic carbocycles. The van der Waals surface area contributed by atoms with Gasteiger partial charge in [0.1, 0.15) is 17.2 Å². The molecule has 4 heteroatoms. The second kappa shape index (κ2) is 5.78. The Morgan fingerprint density at radius 1 is 1.00 bits per heavy atom. The summed E-state index contributed by atoms with van der Waals surface area (Å²) in [6.07, 6.45) is 3.15. The van der Waals surface area contributed by atoms with E-state index < -0.39 is 0 Å². The number of rotatable bonds is 4. The average Bonchev–Trinajstić information content (AvgIpc) is 2.46. The largest absolute Gasteiger partial charge is 0.496 e. The Morgan fingerprint density at radius 2 is 1.67 bits per heavy atom. The lowest BCUT2D eigenvalue weighted by Crippen LogP contribution is -2.20. The molecule has 0 radical (unpaired) electrons. The lowest BCUT2D eigenvalue weighted by atomic mass is 9.98. The number of nitrogens with one attached hydrogen (secondary N) is 1. The Kier molecular flexibility index (Phi) is 4.10. The molecule has 0 unspecified atom stereocenters. The fourth-order valence-corrected chi connectivity index (χ4v) is 2.17. The summed E-state index contributed by atoms with van der Waals surface area (Å²) in [5.41, 5.74) is 2.28. The summed E-state index contributed by atoms with van der Waals surface area (Å²) in [6.45, 7) is 1.86. The molecule has 2 rings (SSSR count). The van der Waals surface area contributed by atoms with E-state index in [2.05, 4.69) is 11.4 Å². The summed E-state index contributed by atoms with van der Waals surface area (Å²) in [6, 6.07) is 3.78. The van der Waals surface area contributed by atoms with Crippen LogP contribution < -0.4 is 19.5 Å². The average molecular weight is 249 g/mol. The predicted octanol–water partition coefficient (Wildman–Crippen LogP) is 2.09. The monoisotopic (exact) mass is 249 g/mol. The molecule has 0 spiro atoms. The van der Waals surface area contributed by atoms with Crippen LogP contribution in [0.2, 0.25) is 0 Å². The number of hydrogen-bond acceptors (Lipinski definition) is 4. The molecule has 98 valence electrons. The molecule has 1 aromatic carbocycles. The number of methoxy groups -OCH3 is 3. The Morgan fingerprint density at radius 3 is 2.11 bits per heavy atom. The number of hydrogen-bond donors (Lipinski definition) is 1. The van der Waals surface area contributed by atoms with Gasteiger partial charge in [0.05, 0.1) is 26.9 Å². The van der Waals surface area contributed by atoms with Gasteiger partial charge in [-0.05, 0) is 18.5 Å². The van der Waals surface area contributed by atoms with Gasteiger partial charge in [0.2, 0.25) is 0 Å². The molecule has 1 aliphatic rings. The molecule has 0 amide bonds. The van der Waals surface area contributed by atoms with Crippen LogP contribution in [0.25, 0.3) is 5.57 Å². The zero-order chi connectivity index (χ0) is 13.0. The maximum Gasteiger partial charge on any atom is 0.133 e. The van der Waals surface area contributed by atoms with Crippen LogP contribution in [0.5, 0.6) is 17.2 Å². The smallest absolute Gasteiger partial charge is 0.133 e. The minimum absolute atomic E-state index is 0.738. The zero-order valence-corrected chi connectivity index (χ0v) is 11.1. The summed E-state index contributed by atoms with van der Waals surface area (Å²) in [4.78, 5) is 0. The van der Waals surface area contributed by atoms with Gasteiger partial charge < -0.3 is 19.5 Å². The van der Waals surface area contributed by atoms with Gasteiger partial charge in [-0.25, -0.2) is 0 Å². The minimum Gasteiger partial charge on any atom is -0.496 e. The van der Waals surface area contributed by atoms with Gasteiger partial charge >= 0.3 is 0 Å². The molecular weight excluding hydrogens is 230 g/mol. The molecule has 4 nitrogen and oxygen atoms in total. The Balaban J connectivity index is 2.52. The van der Waals surface area contributed by atoms with Crippen LogP contribution in [0.3, 0.4) is 0 Å². The van der Waals surface area contributed by atoms with Gasteiger partial charge in [-0.2, -0.15) is 0 Å². The van der Waals surface area contributed by atoms with E-state index in [1.165, 1.54) is 5.57 Å². The first-order valence-corrected chi connectivity index (χ1v) is 6.00. The fraction of sp³-hybridized carbons (Fsp3) is 0.429. The highest BCUT2D eigenvalue weighted by atomic mass is 16.5. The van der Waals surface area contributed by atoms with Crippen LogP contribution in [-0.4, -0.2) is 34.4 Å². The molecule has 0 bridgehead atoms. The number of benzene rings is 1. The van der Waals surface area contributed by atoms with Crippen molar-refractivity contribution in [2.75, 3.05) is 34.4 Å². The number of ether oxygens (including phenoxy) is 3. The van der Waals surface area contributed by atoms with E-state index in [9.17, 15) is 0 Å². The van der Waals surface area contributed by atoms with Crippen LogP contribution in [0, 0.1) is 0 Å². The second-order valence-electron chi connectivity index (χ2n) is 4.09. The van der Waals surface area contributed by atoms with Gasteiger partial charge in [0, 0.05) is 18.7 Å². The third-order valence-electron chi connectivity index (χ3n) is 3.10. The van der Waals surface area contributed by atoms with E-state index in [0.29, 0.717) is 0 Å². The van der Waals surface area contributed by atoms with Gasteiger partial charge in [0.25, 0.3) is 0 Å². The molecule has 1 N–H and O–H groups in total. The SMILES string of the molecule is COc1cc(OC)c(C2=CCNCC2)c(OC)c1. The van der Waals surface area contributed by atoms with Crippen molar-refractivity contribution in [3.63, 3.8) is 0 Å². The lowest BCUT2D eigenvalue weighted by molar-refractivity contribution is 0.373. The Hall–Kier alpha value is -1.68. The molecule has 0 atom stereocenters. The highest BCUT2D eigenvalue weighted by Gasteiger charge is 2.18. The van der Waals surface area contributed by atoms with Crippen molar-refractivity contribution in [1.82, 2.24) is 5.32 Å². The summed E-state index contributed by atoms with van der Waals surface area (Å²) >= 11 is 0. The first-order chi connectivity index (χ1) is 8.80. The van der Waals surface area contributed by atoms with Gasteiger partial charge in [0.15, 0.2) is 0 Å². The molecule has 0 saturated carbocycles. The molecule has 0 saturated heterocycles. The van der Waals surface area contributed by atoms with Crippen molar-refractivity contribution < 1.29 is 14.2 Å². The van der Waals surface area contributed by atoms with E-state index in [0.717, 1.165) is 42.3 Å². The first kappa shape index (κ1) is 12.8. The van der Waals surface area contributed by atoms with E-state index in [-0.39, 0.29) is 0 Å². The second-order valence-corrected chi connectivity index (χ2v) is 4.09. The minimum atomic E-state index is 0.738. The summed E-state index contributed by atoms with van der Waals surface area (Å²) in [5.74, 6) is 2.32. The summed E-state index contributed by atoms with van der Waals surface area (Å²) in [7, 11) is 4.97. The third kappa shape index (κ3) is 2.43. The highest BCUT2D eigenvalue weighted by molar-refractivity contribution is 5.77. The van der Waals surface area contributed by atoms with Crippen LogP contribution in [-0.2, 0) is 0 Å². The van der Waals surface area contributed by atoms with Crippen molar-refractivity contribution in [2.24, 2.45) is 0 Å². The Bertz CT molecular complexity index is 429. The van der Waals surface area contributed by atoms with Crippen molar-refractivity contribution in [3.8, 4) is 17.2 Å². The highest BCUT2D eigenvalue weighted by Crippen LogP contribution is 2.40. The lowest BCUT2D eigenvalue weighted by Gasteiger charge is -2.20. The predicted molar refractivity (Wildman–Crippen MR) is 71.6 cm³/mol. The first-order valence-electron chi connectivity index (χ1n) is 6.00. The molecule has 18 heavy (non-hydrogen) atoms. The zero-order valence-electron chi connectivity index (χ0n) is 11.1. The summed E-state index contributed by atoms with van der Waals surface area (Å²) in [5, 5.41) is 3.30. The van der Waals surface area contributed by atoms with E-state index in [4.69, 9.17) is 14.2 Å². The molecule has 0 fully saturated rings. The maximum absolute atomic E-state index is 5.46. The van der Waals surface area contributed by atoms with Crippen molar-refractivity contribution in [1.29, 1.82) is 0 Å². The van der Waals surface area contributed by atoms with E-state index >= 15 is 0 Å². The van der Waals surface area contributed by atoms with Crippen LogP contribution in [0.4, 0.5) is 0 Å². The molecule has 1 aromatic rings. The van der Waals surface area contributed by atoms with Crippen molar-refractivity contribution in [2.45, 2.75) is 6.42 Å². The van der Waals surface area contributed by atoms with Gasteiger partial charge in [-0.1, -0.05) is 6.08 Å². The van der Waals surface area contributed by atoms with E-state index in [1.807, 2.05) is 12.1 Å². The quantitative estimate of drug-likeness (QED) is 0.887. The van der Waals surface area contributed by atoms with Crippen molar-refractivity contribution in [3.05, 3.63) is 23.8 Å². The maximum atomic E-state index is 5.46. The third-order valence-corrected chi connectivity index (χ3v) is 3.10. The summed E-state index contributed by atoms with van der Waals surface area (Å²) < 4.78 is 16.2. The van der Waals surface area contributed by atoms with Gasteiger partial charge in [-0.3, -0.25) is 0 Å².